The summed E-state index contributed by atoms with van der Waals surface area (Å²) in [5, 5.41) is 0. The van der Waals surface area contributed by atoms with Crippen LogP contribution in [0.5, 0.6) is 5.88 Å². The van der Waals surface area contributed by atoms with Crippen molar-refractivity contribution in [3.8, 4) is 5.88 Å². The van der Waals surface area contributed by atoms with Crippen LogP contribution in [0, 0.1) is 11.8 Å². The molecule has 1 aromatic rings. The Morgan fingerprint density at radius 3 is 2.65 bits per heavy atom. The molecule has 126 valence electrons. The SMILES string of the molecule is CCC1CN(C(=O)c2ccc(OCC3CC3)nc2)CC1N(C)C. The van der Waals surface area contributed by atoms with Gasteiger partial charge in [0.25, 0.3) is 5.91 Å². The van der Waals surface area contributed by atoms with Crippen LogP contribution in [-0.4, -0.2) is 60.5 Å². The Morgan fingerprint density at radius 1 is 1.35 bits per heavy atom. The Kier molecular flexibility index (Phi) is 4.85. The first kappa shape index (κ1) is 16.2. The molecule has 2 heterocycles. The van der Waals surface area contributed by atoms with E-state index in [0.717, 1.165) is 26.1 Å². The second-order valence-corrected chi connectivity index (χ2v) is 7.05. The molecule has 5 nitrogen and oxygen atoms in total. The number of carbonyl (C=O) groups excluding carboxylic acids is 1. The van der Waals surface area contributed by atoms with Crippen LogP contribution in [0.15, 0.2) is 18.3 Å². The molecule has 0 radical (unpaired) electrons. The fourth-order valence-corrected chi connectivity index (χ4v) is 3.27. The zero-order valence-electron chi connectivity index (χ0n) is 14.4. The van der Waals surface area contributed by atoms with E-state index in [4.69, 9.17) is 4.74 Å². The summed E-state index contributed by atoms with van der Waals surface area (Å²) in [5.74, 6) is 1.95. The summed E-state index contributed by atoms with van der Waals surface area (Å²) in [7, 11) is 4.18. The van der Waals surface area contributed by atoms with Crippen molar-refractivity contribution in [3.63, 3.8) is 0 Å². The molecular formula is C18H27N3O2. The number of rotatable bonds is 6. The Morgan fingerprint density at radius 2 is 2.13 bits per heavy atom. The van der Waals surface area contributed by atoms with Gasteiger partial charge in [0, 0.05) is 31.4 Å². The Balaban J connectivity index is 1.61. The van der Waals surface area contributed by atoms with Gasteiger partial charge in [-0.05, 0) is 44.8 Å². The van der Waals surface area contributed by atoms with E-state index in [1.165, 1.54) is 12.8 Å². The Labute approximate surface area is 138 Å². The lowest BCUT2D eigenvalue weighted by Crippen LogP contribution is -2.36. The zero-order chi connectivity index (χ0) is 16.4. The normalized spacial score (nSPS) is 24.3. The van der Waals surface area contributed by atoms with E-state index in [1.807, 2.05) is 17.0 Å². The highest BCUT2D eigenvalue weighted by molar-refractivity contribution is 5.94. The van der Waals surface area contributed by atoms with Crippen LogP contribution in [0.3, 0.4) is 0 Å². The number of hydrogen-bond donors (Lipinski definition) is 0. The largest absolute Gasteiger partial charge is 0.477 e. The molecule has 1 amide bonds. The summed E-state index contributed by atoms with van der Waals surface area (Å²) >= 11 is 0. The molecule has 2 aliphatic rings. The summed E-state index contributed by atoms with van der Waals surface area (Å²) in [5.41, 5.74) is 0.651. The van der Waals surface area contributed by atoms with E-state index in [-0.39, 0.29) is 5.91 Å². The number of ether oxygens (including phenoxy) is 1. The van der Waals surface area contributed by atoms with Gasteiger partial charge in [0.2, 0.25) is 5.88 Å². The maximum atomic E-state index is 12.7. The van der Waals surface area contributed by atoms with E-state index in [9.17, 15) is 4.79 Å². The molecule has 1 aliphatic carbocycles. The highest BCUT2D eigenvalue weighted by Crippen LogP contribution is 2.29. The number of likely N-dealkylation sites (N-methyl/N-ethyl adjacent to an activating group) is 1. The predicted octanol–water partition coefficient (Wildman–Crippen LogP) is 2.28. The van der Waals surface area contributed by atoms with Crippen molar-refractivity contribution in [1.82, 2.24) is 14.8 Å². The minimum Gasteiger partial charge on any atom is -0.477 e. The van der Waals surface area contributed by atoms with E-state index < -0.39 is 0 Å². The first-order valence-electron chi connectivity index (χ1n) is 8.63. The highest BCUT2D eigenvalue weighted by Gasteiger charge is 2.35. The first-order valence-corrected chi connectivity index (χ1v) is 8.63. The molecule has 0 bridgehead atoms. The first-order chi connectivity index (χ1) is 11.1. The molecule has 0 N–H and O–H groups in total. The quantitative estimate of drug-likeness (QED) is 0.807. The third kappa shape index (κ3) is 3.83. The lowest BCUT2D eigenvalue weighted by Gasteiger charge is -2.23. The van der Waals surface area contributed by atoms with Gasteiger partial charge in [-0.15, -0.1) is 0 Å². The summed E-state index contributed by atoms with van der Waals surface area (Å²) < 4.78 is 5.63. The molecule has 0 aromatic carbocycles. The monoisotopic (exact) mass is 317 g/mol. The van der Waals surface area contributed by atoms with Crippen molar-refractivity contribution in [2.45, 2.75) is 32.2 Å². The second-order valence-electron chi connectivity index (χ2n) is 7.05. The van der Waals surface area contributed by atoms with E-state index in [2.05, 4.69) is 30.9 Å². The second kappa shape index (κ2) is 6.87. The third-order valence-corrected chi connectivity index (χ3v) is 5.03. The fraction of sp³-hybridized carbons (Fsp3) is 0.667. The molecule has 0 spiro atoms. The summed E-state index contributed by atoms with van der Waals surface area (Å²) in [6.07, 6.45) is 5.27. The molecule has 1 aliphatic heterocycles. The van der Waals surface area contributed by atoms with Gasteiger partial charge < -0.3 is 14.5 Å². The fourth-order valence-electron chi connectivity index (χ4n) is 3.27. The number of likely N-dealkylation sites (tertiary alicyclic amines) is 1. The summed E-state index contributed by atoms with van der Waals surface area (Å²) in [6, 6.07) is 4.09. The van der Waals surface area contributed by atoms with Gasteiger partial charge in [-0.3, -0.25) is 4.79 Å². The summed E-state index contributed by atoms with van der Waals surface area (Å²) in [4.78, 5) is 21.2. The lowest BCUT2D eigenvalue weighted by molar-refractivity contribution is 0.0780. The Bertz CT molecular complexity index is 540. The molecule has 2 unspecified atom stereocenters. The van der Waals surface area contributed by atoms with Crippen LogP contribution in [0.1, 0.15) is 36.5 Å². The average molecular weight is 317 g/mol. The minimum absolute atomic E-state index is 0.0778. The predicted molar refractivity (Wildman–Crippen MR) is 89.6 cm³/mol. The van der Waals surface area contributed by atoms with Crippen LogP contribution >= 0.6 is 0 Å². The van der Waals surface area contributed by atoms with Gasteiger partial charge in [0.1, 0.15) is 0 Å². The molecule has 1 aromatic heterocycles. The molecule has 2 fully saturated rings. The topological polar surface area (TPSA) is 45.7 Å². The van der Waals surface area contributed by atoms with Crippen LogP contribution in [0.25, 0.3) is 0 Å². The number of hydrogen-bond acceptors (Lipinski definition) is 4. The number of aromatic nitrogens is 1. The van der Waals surface area contributed by atoms with Gasteiger partial charge >= 0.3 is 0 Å². The van der Waals surface area contributed by atoms with Gasteiger partial charge in [-0.2, -0.15) is 0 Å². The van der Waals surface area contributed by atoms with Crippen molar-refractivity contribution in [2.75, 3.05) is 33.8 Å². The number of pyridine rings is 1. The smallest absolute Gasteiger partial charge is 0.255 e. The number of carbonyl (C=O) groups is 1. The molecule has 2 atom stereocenters. The van der Waals surface area contributed by atoms with Crippen molar-refractivity contribution >= 4 is 5.91 Å². The van der Waals surface area contributed by atoms with Gasteiger partial charge in [-0.1, -0.05) is 13.3 Å². The van der Waals surface area contributed by atoms with E-state index in [0.29, 0.717) is 29.3 Å². The van der Waals surface area contributed by atoms with E-state index in [1.54, 1.807) is 6.20 Å². The van der Waals surface area contributed by atoms with Gasteiger partial charge in [0.05, 0.1) is 12.2 Å². The Hall–Kier alpha value is -1.62. The average Bonchev–Trinajstić information content (AvgIpc) is 3.28. The van der Waals surface area contributed by atoms with Crippen LogP contribution < -0.4 is 4.74 Å². The molecule has 5 heteroatoms. The van der Waals surface area contributed by atoms with Gasteiger partial charge in [0.15, 0.2) is 0 Å². The standard InChI is InChI=1S/C18H27N3O2/c1-4-14-10-21(11-16(14)20(2)3)18(22)15-7-8-17(19-9-15)23-12-13-5-6-13/h7-9,13-14,16H,4-6,10-12H2,1-3H3. The maximum absolute atomic E-state index is 12.7. The van der Waals surface area contributed by atoms with Crippen LogP contribution in [0.2, 0.25) is 0 Å². The highest BCUT2D eigenvalue weighted by atomic mass is 16.5. The zero-order valence-corrected chi connectivity index (χ0v) is 14.4. The molecule has 3 rings (SSSR count). The van der Waals surface area contributed by atoms with Crippen molar-refractivity contribution in [2.24, 2.45) is 11.8 Å². The van der Waals surface area contributed by atoms with Crippen LogP contribution in [-0.2, 0) is 0 Å². The summed E-state index contributed by atoms with van der Waals surface area (Å²) in [6.45, 7) is 4.57. The van der Waals surface area contributed by atoms with E-state index >= 15 is 0 Å². The maximum Gasteiger partial charge on any atom is 0.255 e. The number of nitrogens with zero attached hydrogens (tertiary/aromatic N) is 3. The van der Waals surface area contributed by atoms with Crippen molar-refractivity contribution in [3.05, 3.63) is 23.9 Å². The molecule has 1 saturated heterocycles. The van der Waals surface area contributed by atoms with Crippen LogP contribution in [0.4, 0.5) is 0 Å². The van der Waals surface area contributed by atoms with Crippen molar-refractivity contribution in [1.29, 1.82) is 0 Å². The molecular weight excluding hydrogens is 290 g/mol. The minimum atomic E-state index is 0.0778. The number of amides is 1. The van der Waals surface area contributed by atoms with Crippen molar-refractivity contribution < 1.29 is 9.53 Å². The van der Waals surface area contributed by atoms with Gasteiger partial charge in [-0.25, -0.2) is 4.98 Å². The molecule has 1 saturated carbocycles. The third-order valence-electron chi connectivity index (χ3n) is 5.03. The molecule has 23 heavy (non-hydrogen) atoms. The lowest BCUT2D eigenvalue weighted by atomic mass is 10.0.